The van der Waals surface area contributed by atoms with Crippen LogP contribution in [-0.4, -0.2) is 29.8 Å². The first kappa shape index (κ1) is 20.4. The number of aliphatic hydroxyl groups excluding tert-OH is 1. The smallest absolute Gasteiger partial charge is 0.396 e. The van der Waals surface area contributed by atoms with Crippen LogP contribution in [0.25, 0.3) is 11.3 Å². The van der Waals surface area contributed by atoms with Gasteiger partial charge in [0, 0.05) is 47.8 Å². The van der Waals surface area contributed by atoms with E-state index in [0.29, 0.717) is 31.9 Å². The van der Waals surface area contributed by atoms with E-state index < -0.39 is 11.7 Å². The lowest BCUT2D eigenvalue weighted by molar-refractivity contribution is -0.137. The van der Waals surface area contributed by atoms with E-state index in [4.69, 9.17) is 9.84 Å². The molecule has 7 heteroatoms. The van der Waals surface area contributed by atoms with E-state index >= 15 is 0 Å². The number of nitrogens with zero attached hydrogens (tertiary/aromatic N) is 2. The van der Waals surface area contributed by atoms with Crippen LogP contribution in [0, 0.1) is 0 Å². The van der Waals surface area contributed by atoms with Gasteiger partial charge in [0.15, 0.2) is 0 Å². The molecule has 0 unspecified atom stereocenters. The molecule has 1 aliphatic rings. The molecular weight excluding hydrogens is 393 g/mol. The minimum atomic E-state index is -4.36. The monoisotopic (exact) mass is 414 g/mol. The minimum Gasteiger partial charge on any atom is -0.396 e. The number of fused-ring (bicyclic) bond motifs is 1. The highest BCUT2D eigenvalue weighted by molar-refractivity contribution is 5.72. The fourth-order valence-corrected chi connectivity index (χ4v) is 3.57. The number of rotatable bonds is 4. The largest absolute Gasteiger partial charge is 0.416 e. The van der Waals surface area contributed by atoms with Crippen molar-refractivity contribution in [1.29, 1.82) is 0 Å². The van der Waals surface area contributed by atoms with Crippen LogP contribution in [0.2, 0.25) is 0 Å². The van der Waals surface area contributed by atoms with Gasteiger partial charge in [0.2, 0.25) is 0 Å². The highest BCUT2D eigenvalue weighted by atomic mass is 19.4. The number of anilines is 2. The first-order chi connectivity index (χ1) is 14.5. The van der Waals surface area contributed by atoms with E-state index in [1.54, 1.807) is 0 Å². The van der Waals surface area contributed by atoms with Gasteiger partial charge in [-0.15, -0.1) is 0 Å². The second-order valence-electron chi connectivity index (χ2n) is 7.08. The zero-order chi connectivity index (χ0) is 21.1. The number of ether oxygens (including phenoxy) is 1. The summed E-state index contributed by atoms with van der Waals surface area (Å²) >= 11 is 0. The summed E-state index contributed by atoms with van der Waals surface area (Å²) in [5.74, 6) is 0. The topological polar surface area (TPSA) is 45.6 Å². The number of aliphatic hydroxyl groups is 1. The molecule has 0 bridgehead atoms. The van der Waals surface area contributed by atoms with Gasteiger partial charge in [-0.3, -0.25) is 4.98 Å². The second kappa shape index (κ2) is 8.45. The molecule has 0 saturated carbocycles. The minimum absolute atomic E-state index is 0.0383. The Labute approximate surface area is 172 Å². The molecule has 0 fully saturated rings. The zero-order valence-electron chi connectivity index (χ0n) is 16.2. The summed E-state index contributed by atoms with van der Waals surface area (Å²) in [5.41, 5.74) is 4.40. The normalized spacial score (nSPS) is 14.3. The molecule has 0 saturated heterocycles. The maximum absolute atomic E-state index is 12.9. The summed E-state index contributed by atoms with van der Waals surface area (Å²) in [6.45, 7) is 1.46. The maximum Gasteiger partial charge on any atom is 0.416 e. The second-order valence-corrected chi connectivity index (χ2v) is 7.08. The molecule has 1 aliphatic heterocycles. The standard InChI is InChI=1S/C23H21F3N2O2/c24-23(25,26)18-5-7-20(8-6-18)28-11-13-30-15-17-14-16(4-9-22(17)28)21-3-1-2-19(27-21)10-12-29/h1-9,14,29H,10-13,15H2. The van der Waals surface area contributed by atoms with Crippen molar-refractivity contribution in [2.75, 3.05) is 24.7 Å². The Balaban J connectivity index is 1.67. The molecule has 0 spiro atoms. The third-order valence-electron chi connectivity index (χ3n) is 5.06. The van der Waals surface area contributed by atoms with Crippen molar-refractivity contribution in [2.24, 2.45) is 0 Å². The zero-order valence-corrected chi connectivity index (χ0v) is 16.2. The number of hydrogen-bond donors (Lipinski definition) is 1. The summed E-state index contributed by atoms with van der Waals surface area (Å²) in [4.78, 5) is 6.57. The molecule has 2 heterocycles. The van der Waals surface area contributed by atoms with Gasteiger partial charge in [-0.2, -0.15) is 13.2 Å². The highest BCUT2D eigenvalue weighted by Crippen LogP contribution is 2.36. The van der Waals surface area contributed by atoms with Crippen LogP contribution in [-0.2, 0) is 23.9 Å². The quantitative estimate of drug-likeness (QED) is 0.655. The van der Waals surface area contributed by atoms with Crippen LogP contribution < -0.4 is 4.90 Å². The van der Waals surface area contributed by atoms with Crippen molar-refractivity contribution in [3.05, 3.63) is 77.5 Å². The van der Waals surface area contributed by atoms with E-state index in [9.17, 15) is 13.2 Å². The predicted octanol–water partition coefficient (Wildman–Crippen LogP) is 4.97. The van der Waals surface area contributed by atoms with Crippen molar-refractivity contribution in [2.45, 2.75) is 19.2 Å². The van der Waals surface area contributed by atoms with E-state index in [1.165, 1.54) is 12.1 Å². The van der Waals surface area contributed by atoms with Crippen LogP contribution in [0.15, 0.2) is 60.7 Å². The first-order valence-electron chi connectivity index (χ1n) is 9.68. The van der Waals surface area contributed by atoms with Crippen LogP contribution in [0.4, 0.5) is 24.5 Å². The Kier molecular flexibility index (Phi) is 5.74. The molecule has 1 aromatic heterocycles. The molecular formula is C23H21F3N2O2. The van der Waals surface area contributed by atoms with Crippen molar-refractivity contribution in [3.63, 3.8) is 0 Å². The third kappa shape index (κ3) is 4.32. The summed E-state index contributed by atoms with van der Waals surface area (Å²) in [6, 6.07) is 16.8. The van der Waals surface area contributed by atoms with Crippen molar-refractivity contribution < 1.29 is 23.0 Å². The SMILES string of the molecule is OCCc1cccc(-c2ccc3c(c2)COCCN3c2ccc(C(F)(F)F)cc2)n1. The average molecular weight is 414 g/mol. The number of benzene rings is 2. The molecule has 0 aliphatic carbocycles. The Hall–Kier alpha value is -2.90. The van der Waals surface area contributed by atoms with Crippen LogP contribution in [0.5, 0.6) is 0 Å². The van der Waals surface area contributed by atoms with Gasteiger partial charge >= 0.3 is 6.18 Å². The lowest BCUT2D eigenvalue weighted by Gasteiger charge is -2.25. The Morgan fingerprint density at radius 3 is 2.57 bits per heavy atom. The molecule has 3 aromatic rings. The van der Waals surface area contributed by atoms with E-state index in [1.807, 2.05) is 41.3 Å². The molecule has 156 valence electrons. The Morgan fingerprint density at radius 2 is 1.83 bits per heavy atom. The van der Waals surface area contributed by atoms with Gasteiger partial charge < -0.3 is 14.7 Å². The van der Waals surface area contributed by atoms with E-state index in [2.05, 4.69) is 4.98 Å². The molecule has 4 nitrogen and oxygen atoms in total. The number of hydrogen-bond acceptors (Lipinski definition) is 4. The molecule has 2 aromatic carbocycles. The molecule has 4 rings (SSSR count). The van der Waals surface area contributed by atoms with Gasteiger partial charge in [-0.1, -0.05) is 12.1 Å². The summed E-state index contributed by atoms with van der Waals surface area (Å²) in [5, 5.41) is 9.15. The van der Waals surface area contributed by atoms with Gasteiger partial charge in [-0.05, 0) is 48.5 Å². The fourth-order valence-electron chi connectivity index (χ4n) is 3.57. The Morgan fingerprint density at radius 1 is 1.03 bits per heavy atom. The summed E-state index contributed by atoms with van der Waals surface area (Å²) in [7, 11) is 0. The highest BCUT2D eigenvalue weighted by Gasteiger charge is 2.30. The van der Waals surface area contributed by atoms with E-state index in [0.717, 1.165) is 40.3 Å². The lowest BCUT2D eigenvalue weighted by Crippen LogP contribution is -2.20. The van der Waals surface area contributed by atoms with Crippen molar-refractivity contribution in [1.82, 2.24) is 4.98 Å². The van der Waals surface area contributed by atoms with Crippen molar-refractivity contribution in [3.8, 4) is 11.3 Å². The van der Waals surface area contributed by atoms with E-state index in [-0.39, 0.29) is 6.61 Å². The van der Waals surface area contributed by atoms with Gasteiger partial charge in [0.1, 0.15) is 0 Å². The summed E-state index contributed by atoms with van der Waals surface area (Å²) < 4.78 is 44.4. The lowest BCUT2D eigenvalue weighted by atomic mass is 10.0. The average Bonchev–Trinajstić information content (AvgIpc) is 2.95. The molecule has 1 N–H and O–H groups in total. The van der Waals surface area contributed by atoms with Crippen LogP contribution in [0.1, 0.15) is 16.8 Å². The van der Waals surface area contributed by atoms with Crippen LogP contribution in [0.3, 0.4) is 0 Å². The molecule has 0 atom stereocenters. The number of aromatic nitrogens is 1. The van der Waals surface area contributed by atoms with Crippen LogP contribution >= 0.6 is 0 Å². The van der Waals surface area contributed by atoms with Crippen molar-refractivity contribution >= 4 is 11.4 Å². The summed E-state index contributed by atoms with van der Waals surface area (Å²) in [6.07, 6.45) is -3.87. The fraction of sp³-hybridized carbons (Fsp3) is 0.261. The van der Waals surface area contributed by atoms with Gasteiger partial charge in [0.05, 0.1) is 24.5 Å². The molecule has 0 amide bonds. The Bertz CT molecular complexity index is 1020. The number of halogens is 3. The maximum atomic E-state index is 12.9. The third-order valence-corrected chi connectivity index (χ3v) is 5.06. The number of pyridine rings is 1. The molecule has 30 heavy (non-hydrogen) atoms. The number of alkyl halides is 3. The van der Waals surface area contributed by atoms with Gasteiger partial charge in [-0.25, -0.2) is 0 Å². The predicted molar refractivity (Wildman–Crippen MR) is 109 cm³/mol. The first-order valence-corrected chi connectivity index (χ1v) is 9.68. The van der Waals surface area contributed by atoms with Gasteiger partial charge in [0.25, 0.3) is 0 Å². The molecule has 0 radical (unpaired) electrons.